The molecule has 2 rings (SSSR count). The van der Waals surface area contributed by atoms with Crippen molar-refractivity contribution in [3.05, 3.63) is 35.9 Å². The number of H-pyrrole nitrogens is 1. The van der Waals surface area contributed by atoms with Crippen LogP contribution in [0.4, 0.5) is 5.69 Å². The van der Waals surface area contributed by atoms with Crippen molar-refractivity contribution in [1.29, 1.82) is 0 Å². The van der Waals surface area contributed by atoms with Crippen molar-refractivity contribution in [2.45, 2.75) is 13.0 Å². The Hall–Kier alpha value is -2.57. The minimum absolute atomic E-state index is 0.255. The lowest BCUT2D eigenvalue weighted by atomic mass is 10.1. The SMILES string of the molecule is COc1cc(N)cc(C(=O)NC(C)c2ncn[nH]2)c1. The highest BCUT2D eigenvalue weighted by Gasteiger charge is 2.14. The van der Waals surface area contributed by atoms with E-state index in [-0.39, 0.29) is 11.9 Å². The number of carbonyl (C=O) groups excluding carboxylic acids is 1. The number of nitrogens with two attached hydrogens (primary N) is 1. The number of aromatic amines is 1. The Balaban J connectivity index is 2.13. The maximum atomic E-state index is 12.1. The second-order valence-electron chi connectivity index (χ2n) is 4.06. The van der Waals surface area contributed by atoms with Gasteiger partial charge < -0.3 is 15.8 Å². The molecule has 0 radical (unpaired) electrons. The number of methoxy groups -OCH3 is 1. The molecule has 100 valence electrons. The minimum atomic E-state index is -0.276. The Morgan fingerprint density at radius 2 is 2.26 bits per heavy atom. The van der Waals surface area contributed by atoms with Crippen LogP contribution in [-0.2, 0) is 0 Å². The Labute approximate surface area is 110 Å². The smallest absolute Gasteiger partial charge is 0.252 e. The van der Waals surface area contributed by atoms with Crippen LogP contribution in [0.3, 0.4) is 0 Å². The van der Waals surface area contributed by atoms with Crippen molar-refractivity contribution in [3.8, 4) is 5.75 Å². The van der Waals surface area contributed by atoms with Crippen molar-refractivity contribution in [3.63, 3.8) is 0 Å². The van der Waals surface area contributed by atoms with Gasteiger partial charge in [-0.15, -0.1) is 0 Å². The molecule has 1 aromatic heterocycles. The summed E-state index contributed by atoms with van der Waals surface area (Å²) >= 11 is 0. The molecule has 1 heterocycles. The molecule has 0 spiro atoms. The van der Waals surface area contributed by atoms with Gasteiger partial charge in [0.1, 0.15) is 17.9 Å². The fourth-order valence-electron chi connectivity index (χ4n) is 1.64. The number of carbonyl (C=O) groups is 1. The van der Waals surface area contributed by atoms with Crippen LogP contribution in [0.5, 0.6) is 5.75 Å². The zero-order valence-electron chi connectivity index (χ0n) is 10.7. The summed E-state index contributed by atoms with van der Waals surface area (Å²) in [6.45, 7) is 1.81. The standard InChI is InChI=1S/C12H15N5O2/c1-7(11-14-6-15-17-11)16-12(18)8-3-9(13)5-10(4-8)19-2/h3-7H,13H2,1-2H3,(H,16,18)(H,14,15,17). The molecular formula is C12H15N5O2. The maximum absolute atomic E-state index is 12.1. The first-order valence-corrected chi connectivity index (χ1v) is 5.71. The van der Waals surface area contributed by atoms with Crippen LogP contribution in [0.25, 0.3) is 0 Å². The summed E-state index contributed by atoms with van der Waals surface area (Å²) in [6.07, 6.45) is 1.39. The monoisotopic (exact) mass is 261 g/mol. The lowest BCUT2D eigenvalue weighted by Crippen LogP contribution is -2.27. The highest BCUT2D eigenvalue weighted by atomic mass is 16.5. The fourth-order valence-corrected chi connectivity index (χ4v) is 1.64. The highest BCUT2D eigenvalue weighted by Crippen LogP contribution is 2.19. The zero-order valence-corrected chi connectivity index (χ0v) is 10.7. The summed E-state index contributed by atoms with van der Waals surface area (Å²) in [4.78, 5) is 16.1. The van der Waals surface area contributed by atoms with Crippen molar-refractivity contribution in [2.24, 2.45) is 0 Å². The molecule has 0 aliphatic rings. The van der Waals surface area contributed by atoms with Gasteiger partial charge in [0.2, 0.25) is 0 Å². The summed E-state index contributed by atoms with van der Waals surface area (Å²) in [6, 6.07) is 4.59. The van der Waals surface area contributed by atoms with E-state index in [9.17, 15) is 4.79 Å². The van der Waals surface area contributed by atoms with E-state index in [2.05, 4.69) is 20.5 Å². The molecule has 1 amide bonds. The number of nitrogens with zero attached hydrogens (tertiary/aromatic N) is 2. The normalized spacial score (nSPS) is 11.9. The van der Waals surface area contributed by atoms with Gasteiger partial charge in [0.15, 0.2) is 0 Å². The molecule has 0 aliphatic heterocycles. The van der Waals surface area contributed by atoms with E-state index in [1.807, 2.05) is 6.92 Å². The van der Waals surface area contributed by atoms with Crippen LogP contribution in [0.15, 0.2) is 24.5 Å². The average molecular weight is 261 g/mol. The van der Waals surface area contributed by atoms with Crippen LogP contribution < -0.4 is 15.8 Å². The molecule has 1 unspecified atom stereocenters. The van der Waals surface area contributed by atoms with Crippen molar-refractivity contribution in [1.82, 2.24) is 20.5 Å². The molecule has 4 N–H and O–H groups in total. The molecule has 1 aromatic carbocycles. The number of nitrogens with one attached hydrogen (secondary N) is 2. The number of rotatable bonds is 4. The molecule has 0 bridgehead atoms. The molecule has 0 aliphatic carbocycles. The second kappa shape index (κ2) is 5.38. The largest absolute Gasteiger partial charge is 0.497 e. The third-order valence-electron chi connectivity index (χ3n) is 2.62. The number of benzene rings is 1. The van der Waals surface area contributed by atoms with Crippen LogP contribution in [-0.4, -0.2) is 28.2 Å². The summed E-state index contributed by atoms with van der Waals surface area (Å²) in [5, 5.41) is 9.23. The van der Waals surface area contributed by atoms with Crippen molar-refractivity contribution >= 4 is 11.6 Å². The fraction of sp³-hybridized carbons (Fsp3) is 0.250. The molecule has 1 atom stereocenters. The molecule has 2 aromatic rings. The first-order chi connectivity index (χ1) is 9.10. The third kappa shape index (κ3) is 3.01. The van der Waals surface area contributed by atoms with Gasteiger partial charge in [-0.25, -0.2) is 4.98 Å². The van der Waals surface area contributed by atoms with Gasteiger partial charge in [-0.3, -0.25) is 9.89 Å². The van der Waals surface area contributed by atoms with Crippen LogP contribution in [0.1, 0.15) is 29.1 Å². The van der Waals surface area contributed by atoms with Gasteiger partial charge >= 0.3 is 0 Å². The van der Waals surface area contributed by atoms with Crippen LogP contribution in [0.2, 0.25) is 0 Å². The van der Waals surface area contributed by atoms with E-state index in [0.29, 0.717) is 22.8 Å². The Kier molecular flexibility index (Phi) is 3.65. The third-order valence-corrected chi connectivity index (χ3v) is 2.62. The van der Waals surface area contributed by atoms with E-state index >= 15 is 0 Å². The molecule has 19 heavy (non-hydrogen) atoms. The summed E-state index contributed by atoms with van der Waals surface area (Å²) in [5.41, 5.74) is 6.61. The Bertz CT molecular complexity index is 568. The molecule has 0 fully saturated rings. The second-order valence-corrected chi connectivity index (χ2v) is 4.06. The number of amides is 1. The van der Waals surface area contributed by atoms with Crippen LogP contribution >= 0.6 is 0 Å². The van der Waals surface area contributed by atoms with Crippen molar-refractivity contribution in [2.75, 3.05) is 12.8 Å². The van der Waals surface area contributed by atoms with Gasteiger partial charge in [-0.2, -0.15) is 5.10 Å². The Morgan fingerprint density at radius 1 is 1.47 bits per heavy atom. The van der Waals surface area contributed by atoms with E-state index in [0.717, 1.165) is 0 Å². The highest BCUT2D eigenvalue weighted by molar-refractivity contribution is 5.95. The predicted molar refractivity (Wildman–Crippen MR) is 69.7 cm³/mol. The van der Waals surface area contributed by atoms with Gasteiger partial charge in [0, 0.05) is 17.3 Å². The topological polar surface area (TPSA) is 106 Å². The first kappa shape index (κ1) is 12.9. The van der Waals surface area contributed by atoms with Gasteiger partial charge in [0.05, 0.1) is 13.2 Å². The number of hydrogen-bond donors (Lipinski definition) is 3. The average Bonchev–Trinajstić information content (AvgIpc) is 2.91. The number of hydrogen-bond acceptors (Lipinski definition) is 5. The first-order valence-electron chi connectivity index (χ1n) is 5.71. The lowest BCUT2D eigenvalue weighted by Gasteiger charge is -2.12. The van der Waals surface area contributed by atoms with Gasteiger partial charge in [0.25, 0.3) is 5.91 Å². The summed E-state index contributed by atoms with van der Waals surface area (Å²) in [5.74, 6) is 0.871. The summed E-state index contributed by atoms with van der Waals surface area (Å²) in [7, 11) is 1.52. The Morgan fingerprint density at radius 3 is 2.89 bits per heavy atom. The predicted octanol–water partition coefficient (Wildman–Crippen LogP) is 0.886. The summed E-state index contributed by atoms with van der Waals surface area (Å²) < 4.78 is 5.07. The number of nitrogen functional groups attached to an aromatic ring is 1. The van der Waals surface area contributed by atoms with E-state index in [1.165, 1.54) is 13.4 Å². The molecule has 7 nitrogen and oxygen atoms in total. The van der Waals surface area contributed by atoms with Crippen LogP contribution in [0, 0.1) is 0 Å². The van der Waals surface area contributed by atoms with E-state index in [4.69, 9.17) is 10.5 Å². The molecule has 0 saturated carbocycles. The van der Waals surface area contributed by atoms with Gasteiger partial charge in [-0.1, -0.05) is 0 Å². The molecule has 7 heteroatoms. The number of aromatic nitrogens is 3. The number of anilines is 1. The van der Waals surface area contributed by atoms with E-state index in [1.54, 1.807) is 18.2 Å². The molecule has 0 saturated heterocycles. The zero-order chi connectivity index (χ0) is 13.8. The van der Waals surface area contributed by atoms with Gasteiger partial charge in [-0.05, 0) is 19.1 Å². The number of ether oxygens (including phenoxy) is 1. The van der Waals surface area contributed by atoms with E-state index < -0.39 is 0 Å². The lowest BCUT2D eigenvalue weighted by molar-refractivity contribution is 0.0938. The minimum Gasteiger partial charge on any atom is -0.497 e. The quantitative estimate of drug-likeness (QED) is 0.708. The van der Waals surface area contributed by atoms with Crippen molar-refractivity contribution < 1.29 is 9.53 Å². The molecular weight excluding hydrogens is 246 g/mol. The maximum Gasteiger partial charge on any atom is 0.252 e.